The molecule has 0 aliphatic carbocycles. The van der Waals surface area contributed by atoms with E-state index in [2.05, 4.69) is 29.3 Å². The Morgan fingerprint density at radius 1 is 1.09 bits per heavy atom. The number of likely N-dealkylation sites (N-methyl/N-ethyl adjacent to an activating group) is 1. The smallest absolute Gasteiger partial charge is 0.253 e. The average Bonchev–Trinajstić information content (AvgIpc) is 2.60. The summed E-state index contributed by atoms with van der Waals surface area (Å²) in [7, 11) is 2.03. The predicted molar refractivity (Wildman–Crippen MR) is 91.8 cm³/mol. The molecule has 2 rings (SSSR count). The van der Waals surface area contributed by atoms with Crippen molar-refractivity contribution in [2.75, 3.05) is 13.6 Å². The first-order valence-electron chi connectivity index (χ1n) is 7.83. The molecule has 122 valence electrons. The quantitative estimate of drug-likeness (QED) is 0.825. The fourth-order valence-electron chi connectivity index (χ4n) is 2.31. The molecule has 23 heavy (non-hydrogen) atoms. The van der Waals surface area contributed by atoms with Crippen molar-refractivity contribution >= 4 is 5.91 Å². The topological polar surface area (TPSA) is 52.6 Å². The lowest BCUT2D eigenvalue weighted by molar-refractivity contribution is -0.129. The maximum atomic E-state index is 12.0. The van der Waals surface area contributed by atoms with E-state index in [0.717, 1.165) is 6.54 Å². The van der Waals surface area contributed by atoms with Crippen LogP contribution >= 0.6 is 0 Å². The number of nitrogens with one attached hydrogen (secondary N) is 1. The van der Waals surface area contributed by atoms with Gasteiger partial charge >= 0.3 is 0 Å². The minimum atomic E-state index is -1.12. The molecular formula is C19H24N2O2. The molecule has 2 aromatic rings. The molecule has 0 aliphatic rings. The van der Waals surface area contributed by atoms with Gasteiger partial charge in [0.25, 0.3) is 5.91 Å². The summed E-state index contributed by atoms with van der Waals surface area (Å²) >= 11 is 0. The predicted octanol–water partition coefficient (Wildman–Crippen LogP) is 2.36. The minimum Gasteiger partial charge on any atom is -0.378 e. The van der Waals surface area contributed by atoms with Crippen molar-refractivity contribution in [1.82, 2.24) is 10.2 Å². The van der Waals surface area contributed by atoms with E-state index < -0.39 is 6.10 Å². The second kappa shape index (κ2) is 8.46. The van der Waals surface area contributed by atoms with Crippen LogP contribution in [0.4, 0.5) is 0 Å². The molecule has 0 radical (unpaired) electrons. The van der Waals surface area contributed by atoms with Gasteiger partial charge in [-0.1, -0.05) is 60.7 Å². The summed E-state index contributed by atoms with van der Waals surface area (Å²) in [6.07, 6.45) is -1.12. The van der Waals surface area contributed by atoms with E-state index in [4.69, 9.17) is 0 Å². The van der Waals surface area contributed by atoms with Crippen LogP contribution in [0, 0.1) is 0 Å². The summed E-state index contributed by atoms with van der Waals surface area (Å²) in [4.78, 5) is 14.2. The maximum absolute atomic E-state index is 12.0. The molecule has 1 amide bonds. The maximum Gasteiger partial charge on any atom is 0.253 e. The number of rotatable bonds is 7. The lowest BCUT2D eigenvalue weighted by Gasteiger charge is -2.25. The Bertz CT molecular complexity index is 601. The summed E-state index contributed by atoms with van der Waals surface area (Å²) in [5.74, 6) is -0.365. The molecule has 4 heteroatoms. The zero-order valence-corrected chi connectivity index (χ0v) is 13.6. The fraction of sp³-hybridized carbons (Fsp3) is 0.316. The van der Waals surface area contributed by atoms with Gasteiger partial charge in [0.2, 0.25) is 0 Å². The third kappa shape index (κ3) is 5.20. The first-order chi connectivity index (χ1) is 11.1. The molecular weight excluding hydrogens is 288 g/mol. The molecule has 0 saturated heterocycles. The van der Waals surface area contributed by atoms with E-state index >= 15 is 0 Å². The molecule has 4 nitrogen and oxygen atoms in total. The van der Waals surface area contributed by atoms with Crippen LogP contribution in [0.1, 0.15) is 24.2 Å². The van der Waals surface area contributed by atoms with Crippen LogP contribution in [-0.4, -0.2) is 35.5 Å². The van der Waals surface area contributed by atoms with Crippen molar-refractivity contribution < 1.29 is 9.90 Å². The van der Waals surface area contributed by atoms with Crippen LogP contribution < -0.4 is 5.32 Å². The highest BCUT2D eigenvalue weighted by Gasteiger charge is 2.18. The first-order valence-corrected chi connectivity index (χ1v) is 7.83. The second-order valence-electron chi connectivity index (χ2n) is 5.81. The van der Waals surface area contributed by atoms with Crippen LogP contribution in [0.3, 0.4) is 0 Å². The Morgan fingerprint density at radius 2 is 1.65 bits per heavy atom. The molecule has 0 spiro atoms. The van der Waals surface area contributed by atoms with Crippen LogP contribution in [0.5, 0.6) is 0 Å². The lowest BCUT2D eigenvalue weighted by Crippen LogP contribution is -2.41. The zero-order chi connectivity index (χ0) is 16.7. The van der Waals surface area contributed by atoms with Gasteiger partial charge in [-0.2, -0.15) is 0 Å². The molecule has 2 atom stereocenters. The number of amides is 1. The number of carbonyl (C=O) groups excluding carboxylic acids is 1. The second-order valence-corrected chi connectivity index (χ2v) is 5.81. The number of benzene rings is 2. The number of aliphatic hydroxyl groups excluding tert-OH is 1. The van der Waals surface area contributed by atoms with Gasteiger partial charge in [0.15, 0.2) is 6.10 Å². The minimum absolute atomic E-state index is 0.169. The fourth-order valence-corrected chi connectivity index (χ4v) is 2.31. The largest absolute Gasteiger partial charge is 0.378 e. The molecule has 0 saturated carbocycles. The molecule has 0 aliphatic heterocycles. The number of nitrogens with zero attached hydrogens (tertiary/aromatic N) is 1. The first kappa shape index (κ1) is 17.2. The highest BCUT2D eigenvalue weighted by atomic mass is 16.3. The summed E-state index contributed by atoms with van der Waals surface area (Å²) in [6, 6.07) is 19.3. The van der Waals surface area contributed by atoms with E-state index in [1.54, 1.807) is 12.1 Å². The molecule has 0 bridgehead atoms. The van der Waals surface area contributed by atoms with Crippen molar-refractivity contribution in [3.63, 3.8) is 0 Å². The van der Waals surface area contributed by atoms with Crippen LogP contribution in [0.25, 0.3) is 0 Å². The van der Waals surface area contributed by atoms with Crippen LogP contribution in [-0.2, 0) is 11.3 Å². The number of hydrogen-bond donors (Lipinski definition) is 2. The molecule has 2 unspecified atom stereocenters. The molecule has 2 N–H and O–H groups in total. The van der Waals surface area contributed by atoms with Crippen LogP contribution in [0.2, 0.25) is 0 Å². The third-order valence-electron chi connectivity index (χ3n) is 3.96. The zero-order valence-electron chi connectivity index (χ0n) is 13.6. The van der Waals surface area contributed by atoms with E-state index in [1.165, 1.54) is 5.56 Å². The molecule has 0 fully saturated rings. The number of hydrogen-bond acceptors (Lipinski definition) is 3. The van der Waals surface area contributed by atoms with Crippen LogP contribution in [0.15, 0.2) is 60.7 Å². The Kier molecular flexibility index (Phi) is 6.32. The van der Waals surface area contributed by atoms with Crippen molar-refractivity contribution in [3.8, 4) is 0 Å². The van der Waals surface area contributed by atoms with Gasteiger partial charge in [0.1, 0.15) is 0 Å². The monoisotopic (exact) mass is 312 g/mol. The van der Waals surface area contributed by atoms with E-state index in [-0.39, 0.29) is 11.9 Å². The SMILES string of the molecule is CC(CNC(=O)C(O)c1ccccc1)N(C)Cc1ccccc1. The number of carbonyl (C=O) groups is 1. The van der Waals surface area contributed by atoms with Gasteiger partial charge in [-0.15, -0.1) is 0 Å². The molecule has 0 aromatic heterocycles. The highest BCUT2D eigenvalue weighted by molar-refractivity contribution is 5.81. The van der Waals surface area contributed by atoms with E-state index in [1.807, 2.05) is 43.4 Å². The van der Waals surface area contributed by atoms with Crippen molar-refractivity contribution in [1.29, 1.82) is 0 Å². The normalized spacial score (nSPS) is 13.6. The summed E-state index contributed by atoms with van der Waals surface area (Å²) in [6.45, 7) is 3.36. The van der Waals surface area contributed by atoms with Gasteiger partial charge < -0.3 is 10.4 Å². The van der Waals surface area contributed by atoms with Crippen molar-refractivity contribution in [3.05, 3.63) is 71.8 Å². The lowest BCUT2D eigenvalue weighted by atomic mass is 10.1. The average molecular weight is 312 g/mol. The summed E-state index contributed by atoms with van der Waals surface area (Å²) in [5, 5.41) is 12.9. The Labute approximate surface area is 137 Å². The number of aliphatic hydroxyl groups is 1. The standard InChI is InChI=1S/C19H24N2O2/c1-15(21(2)14-16-9-5-3-6-10-16)13-20-19(23)18(22)17-11-7-4-8-12-17/h3-12,15,18,22H,13-14H2,1-2H3,(H,20,23). The third-order valence-corrected chi connectivity index (χ3v) is 3.96. The van der Waals surface area contributed by atoms with Gasteiger partial charge in [-0.05, 0) is 25.1 Å². The Balaban J connectivity index is 1.81. The Morgan fingerprint density at radius 3 is 2.26 bits per heavy atom. The van der Waals surface area contributed by atoms with Gasteiger partial charge in [0.05, 0.1) is 0 Å². The van der Waals surface area contributed by atoms with Crippen molar-refractivity contribution in [2.24, 2.45) is 0 Å². The summed E-state index contributed by atoms with van der Waals surface area (Å²) in [5.41, 5.74) is 1.84. The molecule has 0 heterocycles. The Hall–Kier alpha value is -2.17. The van der Waals surface area contributed by atoms with Gasteiger partial charge in [-0.25, -0.2) is 0 Å². The van der Waals surface area contributed by atoms with Crippen molar-refractivity contribution in [2.45, 2.75) is 25.6 Å². The van der Waals surface area contributed by atoms with E-state index in [0.29, 0.717) is 12.1 Å². The van der Waals surface area contributed by atoms with Gasteiger partial charge in [-0.3, -0.25) is 9.69 Å². The molecule has 2 aromatic carbocycles. The highest BCUT2D eigenvalue weighted by Crippen LogP contribution is 2.12. The summed E-state index contributed by atoms with van der Waals surface area (Å²) < 4.78 is 0. The van der Waals surface area contributed by atoms with Gasteiger partial charge in [0, 0.05) is 19.1 Å². The van der Waals surface area contributed by atoms with E-state index in [9.17, 15) is 9.90 Å².